The van der Waals surface area contributed by atoms with Gasteiger partial charge in [0.05, 0.1) is 17.3 Å². The van der Waals surface area contributed by atoms with Crippen LogP contribution >= 0.6 is 12.2 Å². The van der Waals surface area contributed by atoms with E-state index in [-0.39, 0.29) is 0 Å². The van der Waals surface area contributed by atoms with Crippen LogP contribution < -0.4 is 0 Å². The second-order valence-corrected chi connectivity index (χ2v) is 9.74. The van der Waals surface area contributed by atoms with Gasteiger partial charge >= 0.3 is 0 Å². The summed E-state index contributed by atoms with van der Waals surface area (Å²) in [6, 6.07) is 14.7. The lowest BCUT2D eigenvalue weighted by Crippen LogP contribution is -2.48. The Morgan fingerprint density at radius 3 is 2.33 bits per heavy atom. The molecular formula is C20H24N6O2S2. The number of rotatable bonds is 5. The standard InChI is InChI=1S/C20H24N6O2S2/c1-16-8-9-19(17(2)14-16)26-20(29)25(21-22-26)15-23-10-12-24(13-11-23)30(27,28)18-6-4-3-5-7-18/h3-9,14H,10-13,15H2,1-2H3. The average Bonchev–Trinajstić information content (AvgIpc) is 3.09. The van der Waals surface area contributed by atoms with Crippen molar-refractivity contribution in [3.8, 4) is 5.69 Å². The van der Waals surface area contributed by atoms with Crippen LogP contribution in [0.1, 0.15) is 11.1 Å². The van der Waals surface area contributed by atoms with Crippen molar-refractivity contribution in [2.24, 2.45) is 0 Å². The molecule has 2 aromatic carbocycles. The molecule has 1 aliphatic heterocycles. The monoisotopic (exact) mass is 444 g/mol. The third kappa shape index (κ3) is 4.08. The summed E-state index contributed by atoms with van der Waals surface area (Å²) in [7, 11) is -3.46. The van der Waals surface area contributed by atoms with Gasteiger partial charge in [0.1, 0.15) is 0 Å². The van der Waals surface area contributed by atoms with Crippen molar-refractivity contribution in [1.29, 1.82) is 0 Å². The third-order valence-electron chi connectivity index (χ3n) is 5.27. The zero-order valence-corrected chi connectivity index (χ0v) is 18.6. The van der Waals surface area contributed by atoms with E-state index >= 15 is 0 Å². The molecule has 0 saturated carbocycles. The van der Waals surface area contributed by atoms with Crippen molar-refractivity contribution in [2.75, 3.05) is 26.2 Å². The molecule has 1 saturated heterocycles. The minimum atomic E-state index is -3.46. The molecule has 0 amide bonds. The highest BCUT2D eigenvalue weighted by atomic mass is 32.2. The van der Waals surface area contributed by atoms with Gasteiger partial charge < -0.3 is 0 Å². The summed E-state index contributed by atoms with van der Waals surface area (Å²) in [6.45, 7) is 6.60. The lowest BCUT2D eigenvalue weighted by Gasteiger charge is -2.33. The van der Waals surface area contributed by atoms with E-state index in [4.69, 9.17) is 12.2 Å². The van der Waals surface area contributed by atoms with Crippen molar-refractivity contribution in [3.05, 3.63) is 64.4 Å². The van der Waals surface area contributed by atoms with Crippen LogP contribution in [0.3, 0.4) is 0 Å². The summed E-state index contributed by atoms with van der Waals surface area (Å²) in [5, 5.41) is 8.45. The van der Waals surface area contributed by atoms with Crippen LogP contribution in [0.5, 0.6) is 0 Å². The Labute approximate surface area is 181 Å². The fourth-order valence-electron chi connectivity index (χ4n) is 3.60. The van der Waals surface area contributed by atoms with E-state index in [2.05, 4.69) is 21.4 Å². The highest BCUT2D eigenvalue weighted by Gasteiger charge is 2.28. The van der Waals surface area contributed by atoms with Gasteiger partial charge in [0.25, 0.3) is 0 Å². The van der Waals surface area contributed by atoms with E-state index < -0.39 is 10.0 Å². The maximum atomic E-state index is 12.8. The molecule has 0 atom stereocenters. The Hall–Kier alpha value is -2.40. The third-order valence-corrected chi connectivity index (χ3v) is 7.56. The lowest BCUT2D eigenvalue weighted by molar-refractivity contribution is 0.144. The maximum Gasteiger partial charge on any atom is 0.243 e. The highest BCUT2D eigenvalue weighted by Crippen LogP contribution is 2.18. The summed E-state index contributed by atoms with van der Waals surface area (Å²) < 4.78 is 31.0. The van der Waals surface area contributed by atoms with Crippen molar-refractivity contribution in [2.45, 2.75) is 25.4 Å². The molecule has 1 aromatic heterocycles. The lowest BCUT2D eigenvalue weighted by atomic mass is 10.1. The summed E-state index contributed by atoms with van der Waals surface area (Å²) in [5.74, 6) is 0. The van der Waals surface area contributed by atoms with Crippen LogP contribution in [-0.2, 0) is 16.7 Å². The number of tetrazole rings is 1. The van der Waals surface area contributed by atoms with E-state index in [9.17, 15) is 8.42 Å². The molecule has 0 bridgehead atoms. The number of nitrogens with zero attached hydrogens (tertiary/aromatic N) is 6. The SMILES string of the molecule is Cc1ccc(-n2nnn(CN3CCN(S(=O)(=O)c4ccccc4)CC3)c2=S)c(C)c1. The van der Waals surface area contributed by atoms with Crippen molar-refractivity contribution in [1.82, 2.24) is 29.0 Å². The van der Waals surface area contributed by atoms with Gasteiger partial charge in [-0.3, -0.25) is 4.90 Å². The number of benzene rings is 2. The summed E-state index contributed by atoms with van der Waals surface area (Å²) in [4.78, 5) is 2.46. The van der Waals surface area contributed by atoms with E-state index in [0.29, 0.717) is 42.5 Å². The van der Waals surface area contributed by atoms with Gasteiger partial charge in [-0.25, -0.2) is 13.1 Å². The van der Waals surface area contributed by atoms with Gasteiger partial charge in [-0.1, -0.05) is 35.9 Å². The first-order chi connectivity index (χ1) is 14.4. The minimum Gasteiger partial charge on any atom is -0.282 e. The van der Waals surface area contributed by atoms with Gasteiger partial charge in [0.15, 0.2) is 0 Å². The fraction of sp³-hybridized carbons (Fsp3) is 0.350. The van der Waals surface area contributed by atoms with Crippen LogP contribution in [-0.4, -0.2) is 63.6 Å². The summed E-state index contributed by atoms with van der Waals surface area (Å²) >= 11 is 5.58. The molecule has 0 N–H and O–H groups in total. The molecule has 30 heavy (non-hydrogen) atoms. The molecule has 1 aliphatic rings. The number of sulfonamides is 1. The van der Waals surface area contributed by atoms with Gasteiger partial charge in [-0.15, -0.1) is 0 Å². The van der Waals surface area contributed by atoms with Crippen LogP contribution in [0.4, 0.5) is 0 Å². The van der Waals surface area contributed by atoms with E-state index in [1.54, 1.807) is 33.6 Å². The number of piperazine rings is 1. The van der Waals surface area contributed by atoms with Crippen LogP contribution in [0.2, 0.25) is 0 Å². The maximum absolute atomic E-state index is 12.8. The zero-order chi connectivity index (χ0) is 21.3. The molecule has 0 spiro atoms. The van der Waals surface area contributed by atoms with Crippen LogP contribution in [0.15, 0.2) is 53.4 Å². The smallest absolute Gasteiger partial charge is 0.243 e. The molecule has 0 aliphatic carbocycles. The molecule has 1 fully saturated rings. The highest BCUT2D eigenvalue weighted by molar-refractivity contribution is 7.89. The predicted molar refractivity (Wildman–Crippen MR) is 116 cm³/mol. The Morgan fingerprint density at radius 2 is 1.67 bits per heavy atom. The molecule has 0 radical (unpaired) electrons. The first-order valence-electron chi connectivity index (χ1n) is 9.74. The van der Waals surface area contributed by atoms with E-state index in [1.165, 1.54) is 9.87 Å². The van der Waals surface area contributed by atoms with Crippen LogP contribution in [0, 0.1) is 18.6 Å². The van der Waals surface area contributed by atoms with Crippen molar-refractivity contribution < 1.29 is 8.42 Å². The largest absolute Gasteiger partial charge is 0.282 e. The van der Waals surface area contributed by atoms with Crippen molar-refractivity contribution >= 4 is 22.2 Å². The fourth-order valence-corrected chi connectivity index (χ4v) is 5.27. The molecule has 158 valence electrons. The topological polar surface area (TPSA) is 76.3 Å². The quantitative estimate of drug-likeness (QED) is 0.563. The molecule has 8 nitrogen and oxygen atoms in total. The predicted octanol–water partition coefficient (Wildman–Crippen LogP) is 2.38. The minimum absolute atomic E-state index is 0.331. The first kappa shape index (κ1) is 20.9. The Kier molecular flexibility index (Phi) is 5.83. The van der Waals surface area contributed by atoms with Crippen molar-refractivity contribution in [3.63, 3.8) is 0 Å². The Bertz CT molecular complexity index is 1200. The first-order valence-corrected chi connectivity index (χ1v) is 11.6. The second kappa shape index (κ2) is 8.38. The summed E-state index contributed by atoms with van der Waals surface area (Å²) in [5.41, 5.74) is 3.17. The van der Waals surface area contributed by atoms with Gasteiger partial charge in [-0.2, -0.15) is 8.99 Å². The normalized spacial score (nSPS) is 16.1. The number of hydrogen-bond acceptors (Lipinski definition) is 6. The molecule has 2 heterocycles. The molecule has 10 heteroatoms. The Morgan fingerprint density at radius 1 is 0.967 bits per heavy atom. The zero-order valence-electron chi connectivity index (χ0n) is 17.0. The van der Waals surface area contributed by atoms with Gasteiger partial charge in [-0.05, 0) is 60.3 Å². The Balaban J connectivity index is 1.44. The average molecular weight is 445 g/mol. The molecule has 3 aromatic rings. The summed E-state index contributed by atoms with van der Waals surface area (Å²) in [6.07, 6.45) is 0. The molecule has 4 rings (SSSR count). The van der Waals surface area contributed by atoms with Gasteiger partial charge in [0, 0.05) is 26.2 Å². The second-order valence-electron chi connectivity index (χ2n) is 7.44. The molecule has 0 unspecified atom stereocenters. The van der Waals surface area contributed by atoms with Gasteiger partial charge in [0.2, 0.25) is 14.8 Å². The molecular weight excluding hydrogens is 420 g/mol. The number of hydrogen-bond donors (Lipinski definition) is 0. The van der Waals surface area contributed by atoms with E-state index in [1.807, 2.05) is 32.0 Å². The van der Waals surface area contributed by atoms with Crippen LogP contribution in [0.25, 0.3) is 5.69 Å². The number of aromatic nitrogens is 4. The number of aryl methyl sites for hydroxylation is 2. The van der Waals surface area contributed by atoms with E-state index in [0.717, 1.165) is 11.3 Å².